The van der Waals surface area contributed by atoms with Gasteiger partial charge in [-0.2, -0.15) is 5.10 Å². The van der Waals surface area contributed by atoms with E-state index in [9.17, 15) is 0 Å². The number of hydrogen-bond acceptors (Lipinski definition) is 6. The van der Waals surface area contributed by atoms with Gasteiger partial charge in [0.15, 0.2) is 11.8 Å². The molecule has 31 heavy (non-hydrogen) atoms. The standard InChI is InChI=1S/C21H37N9O/c1-6-18-17(19(7-2)29(5)27-18)14-23-21(22-8-9-30-10-12-31-13-11-30)24-15-20-26-25-16(3)28(20)4/h6-15H2,1-5H3,(H2,22,23,24). The third-order valence-corrected chi connectivity index (χ3v) is 5.84. The van der Waals surface area contributed by atoms with Crippen LogP contribution in [0, 0.1) is 6.92 Å². The molecule has 3 rings (SSSR count). The van der Waals surface area contributed by atoms with Gasteiger partial charge in [0.05, 0.1) is 32.0 Å². The number of morpholine rings is 1. The first-order chi connectivity index (χ1) is 15.0. The van der Waals surface area contributed by atoms with Crippen molar-refractivity contribution in [2.45, 2.75) is 46.7 Å². The van der Waals surface area contributed by atoms with E-state index in [0.717, 1.165) is 75.5 Å². The van der Waals surface area contributed by atoms with Crippen LogP contribution in [0.5, 0.6) is 0 Å². The molecule has 1 saturated heterocycles. The monoisotopic (exact) mass is 431 g/mol. The van der Waals surface area contributed by atoms with Crippen LogP contribution in [0.3, 0.4) is 0 Å². The minimum Gasteiger partial charge on any atom is -0.379 e. The fourth-order valence-corrected chi connectivity index (χ4v) is 3.83. The number of aliphatic imine (C=N–C) groups is 1. The van der Waals surface area contributed by atoms with Crippen LogP contribution in [0.15, 0.2) is 4.99 Å². The lowest BCUT2D eigenvalue weighted by molar-refractivity contribution is 0.0389. The topological polar surface area (TPSA) is 97.4 Å². The molecule has 1 aliphatic rings. The molecule has 0 spiro atoms. The van der Waals surface area contributed by atoms with Gasteiger partial charge in [-0.15, -0.1) is 10.2 Å². The van der Waals surface area contributed by atoms with E-state index in [1.165, 1.54) is 11.3 Å². The van der Waals surface area contributed by atoms with Gasteiger partial charge in [-0.1, -0.05) is 13.8 Å². The van der Waals surface area contributed by atoms with Gasteiger partial charge in [0.25, 0.3) is 0 Å². The minimum absolute atomic E-state index is 0.565. The summed E-state index contributed by atoms with van der Waals surface area (Å²) in [4.78, 5) is 7.31. The lowest BCUT2D eigenvalue weighted by Crippen LogP contribution is -2.44. The normalized spacial score (nSPS) is 15.5. The minimum atomic E-state index is 0.565. The number of aromatic nitrogens is 5. The summed E-state index contributed by atoms with van der Waals surface area (Å²) in [6.07, 6.45) is 1.85. The summed E-state index contributed by atoms with van der Waals surface area (Å²) in [7, 11) is 3.99. The molecule has 0 bridgehead atoms. The highest BCUT2D eigenvalue weighted by molar-refractivity contribution is 5.79. The maximum absolute atomic E-state index is 5.44. The third-order valence-electron chi connectivity index (χ3n) is 5.84. The van der Waals surface area contributed by atoms with Gasteiger partial charge in [0.2, 0.25) is 0 Å². The second-order valence-electron chi connectivity index (χ2n) is 7.82. The molecule has 1 fully saturated rings. The van der Waals surface area contributed by atoms with Crippen molar-refractivity contribution in [3.63, 3.8) is 0 Å². The number of guanidine groups is 1. The van der Waals surface area contributed by atoms with Crippen LogP contribution in [0.2, 0.25) is 0 Å². The summed E-state index contributed by atoms with van der Waals surface area (Å²) in [5, 5.41) is 20.0. The van der Waals surface area contributed by atoms with E-state index in [4.69, 9.17) is 9.73 Å². The molecule has 0 aromatic carbocycles. The van der Waals surface area contributed by atoms with Crippen molar-refractivity contribution in [1.29, 1.82) is 0 Å². The maximum atomic E-state index is 5.44. The second-order valence-corrected chi connectivity index (χ2v) is 7.82. The number of nitrogens with zero attached hydrogens (tertiary/aromatic N) is 7. The first kappa shape index (κ1) is 23.2. The fraction of sp³-hybridized carbons (Fsp3) is 0.714. The molecule has 172 valence electrons. The molecule has 2 N–H and O–H groups in total. The summed E-state index contributed by atoms with van der Waals surface area (Å²) >= 11 is 0. The van der Waals surface area contributed by atoms with E-state index in [2.05, 4.69) is 44.7 Å². The van der Waals surface area contributed by atoms with E-state index in [0.29, 0.717) is 13.1 Å². The Morgan fingerprint density at radius 1 is 1.10 bits per heavy atom. The SMILES string of the molecule is CCc1nn(C)c(CC)c1CN=C(NCCN1CCOCC1)NCc1nnc(C)n1C. The number of nitrogens with one attached hydrogen (secondary N) is 2. The maximum Gasteiger partial charge on any atom is 0.192 e. The molecule has 3 heterocycles. The molecule has 0 amide bonds. The summed E-state index contributed by atoms with van der Waals surface area (Å²) in [5.74, 6) is 2.55. The number of rotatable bonds is 9. The molecule has 0 saturated carbocycles. The van der Waals surface area contributed by atoms with E-state index in [-0.39, 0.29) is 0 Å². The molecule has 2 aromatic heterocycles. The molecule has 2 aromatic rings. The largest absolute Gasteiger partial charge is 0.379 e. The Hall–Kier alpha value is -2.46. The van der Waals surface area contributed by atoms with Crippen molar-refractivity contribution in [3.8, 4) is 0 Å². The highest BCUT2D eigenvalue weighted by atomic mass is 16.5. The number of ether oxygens (including phenoxy) is 1. The lowest BCUT2D eigenvalue weighted by Gasteiger charge is -2.26. The van der Waals surface area contributed by atoms with Gasteiger partial charge in [-0.3, -0.25) is 9.58 Å². The molecule has 10 nitrogen and oxygen atoms in total. The Morgan fingerprint density at radius 2 is 1.87 bits per heavy atom. The predicted molar refractivity (Wildman–Crippen MR) is 121 cm³/mol. The molecule has 0 radical (unpaired) electrons. The molecule has 0 atom stereocenters. The van der Waals surface area contributed by atoms with Crippen molar-refractivity contribution in [2.75, 3.05) is 39.4 Å². The van der Waals surface area contributed by atoms with Crippen molar-refractivity contribution >= 4 is 5.96 Å². The van der Waals surface area contributed by atoms with Crippen LogP contribution in [0.4, 0.5) is 0 Å². The first-order valence-electron chi connectivity index (χ1n) is 11.2. The molecular formula is C21H37N9O. The summed E-state index contributed by atoms with van der Waals surface area (Å²) < 4.78 is 9.42. The van der Waals surface area contributed by atoms with Gasteiger partial charge in [-0.05, 0) is 19.8 Å². The van der Waals surface area contributed by atoms with Crippen molar-refractivity contribution in [1.82, 2.24) is 40.1 Å². The molecule has 0 unspecified atom stereocenters. The van der Waals surface area contributed by atoms with Gasteiger partial charge in [0, 0.05) is 51.5 Å². The Labute approximate surface area is 185 Å². The zero-order chi connectivity index (χ0) is 22.2. The van der Waals surface area contributed by atoms with E-state index in [1.807, 2.05) is 30.3 Å². The zero-order valence-electron chi connectivity index (χ0n) is 19.6. The highest BCUT2D eigenvalue weighted by Crippen LogP contribution is 2.16. The van der Waals surface area contributed by atoms with Crippen molar-refractivity contribution in [3.05, 3.63) is 28.6 Å². The molecule has 10 heteroatoms. The fourth-order valence-electron chi connectivity index (χ4n) is 3.83. The van der Waals surface area contributed by atoms with E-state index < -0.39 is 0 Å². The average molecular weight is 432 g/mol. The lowest BCUT2D eigenvalue weighted by atomic mass is 10.1. The van der Waals surface area contributed by atoms with Gasteiger partial charge >= 0.3 is 0 Å². The molecular weight excluding hydrogens is 394 g/mol. The van der Waals surface area contributed by atoms with Gasteiger partial charge < -0.3 is 19.9 Å². The Balaban J connectivity index is 1.68. The quantitative estimate of drug-likeness (QED) is 0.442. The Morgan fingerprint density at radius 3 is 2.52 bits per heavy atom. The van der Waals surface area contributed by atoms with Crippen LogP contribution in [-0.4, -0.2) is 74.8 Å². The summed E-state index contributed by atoms with van der Waals surface area (Å²) in [6, 6.07) is 0. The molecule has 0 aliphatic carbocycles. The Bertz CT molecular complexity index is 865. The van der Waals surface area contributed by atoms with Crippen LogP contribution in [0.1, 0.15) is 42.4 Å². The average Bonchev–Trinajstić information content (AvgIpc) is 3.28. The Kier molecular flexibility index (Phi) is 8.42. The summed E-state index contributed by atoms with van der Waals surface area (Å²) in [6.45, 7) is 12.8. The summed E-state index contributed by atoms with van der Waals surface area (Å²) in [5.41, 5.74) is 3.60. The third kappa shape index (κ3) is 6.04. The predicted octanol–water partition coefficient (Wildman–Crippen LogP) is 0.549. The second kappa shape index (κ2) is 11.2. The van der Waals surface area contributed by atoms with Crippen LogP contribution < -0.4 is 10.6 Å². The number of aryl methyl sites for hydroxylation is 3. The van der Waals surface area contributed by atoms with Crippen LogP contribution in [-0.2, 0) is 44.8 Å². The smallest absolute Gasteiger partial charge is 0.192 e. The number of hydrogen-bond donors (Lipinski definition) is 2. The highest BCUT2D eigenvalue weighted by Gasteiger charge is 2.14. The molecule has 1 aliphatic heterocycles. The van der Waals surface area contributed by atoms with E-state index >= 15 is 0 Å². The van der Waals surface area contributed by atoms with Crippen molar-refractivity contribution in [2.24, 2.45) is 19.1 Å². The van der Waals surface area contributed by atoms with Crippen LogP contribution >= 0.6 is 0 Å². The van der Waals surface area contributed by atoms with Gasteiger partial charge in [-0.25, -0.2) is 4.99 Å². The van der Waals surface area contributed by atoms with Gasteiger partial charge in [0.1, 0.15) is 5.82 Å². The zero-order valence-corrected chi connectivity index (χ0v) is 19.6. The van der Waals surface area contributed by atoms with Crippen molar-refractivity contribution < 1.29 is 4.74 Å². The van der Waals surface area contributed by atoms with E-state index in [1.54, 1.807) is 0 Å². The first-order valence-corrected chi connectivity index (χ1v) is 11.2. The van der Waals surface area contributed by atoms with Crippen LogP contribution in [0.25, 0.3) is 0 Å².